The molecule has 2 aromatic carbocycles. The van der Waals surface area contributed by atoms with E-state index in [0.717, 1.165) is 0 Å². The molecular weight excluding hydrogens is 440 g/mol. The molecular formula is C18H26N8O3S2. The van der Waals surface area contributed by atoms with E-state index < -0.39 is 22.5 Å². The summed E-state index contributed by atoms with van der Waals surface area (Å²) in [6.45, 7) is 0.715. The van der Waals surface area contributed by atoms with Gasteiger partial charge in [-0.15, -0.1) is 10.2 Å². The second kappa shape index (κ2) is 11.9. The maximum absolute atomic E-state index is 12.7. The van der Waals surface area contributed by atoms with Crippen LogP contribution in [0.3, 0.4) is 0 Å². The Morgan fingerprint density at radius 2 is 1.77 bits per heavy atom. The van der Waals surface area contributed by atoms with Gasteiger partial charge in [0.25, 0.3) is 5.91 Å². The molecule has 31 heavy (non-hydrogen) atoms. The van der Waals surface area contributed by atoms with Gasteiger partial charge in [0, 0.05) is 25.2 Å². The van der Waals surface area contributed by atoms with E-state index in [2.05, 4.69) is 16.0 Å². The zero-order valence-corrected chi connectivity index (χ0v) is 18.3. The standard InChI is InChI=1S/C18H26N8O3S2/c19-7-9-24-18(27)13-4-2-1-3-11(13)12-5-6-14(30(28)10-8-20)16(31(23)29)15(12)17(21)25-26-22/h1-6,26H,7-10,19-20,22-23H2,(H2,21,25)(H,24,27). The van der Waals surface area contributed by atoms with Crippen LogP contribution in [0.15, 0.2) is 51.3 Å². The van der Waals surface area contributed by atoms with Gasteiger partial charge in [0.1, 0.15) is 5.75 Å². The summed E-state index contributed by atoms with van der Waals surface area (Å²) >= 11 is -3.67. The number of hydrazone groups is 1. The number of rotatable bonds is 10. The van der Waals surface area contributed by atoms with Gasteiger partial charge in [0.15, 0.2) is 5.84 Å². The molecule has 0 aromatic heterocycles. The summed E-state index contributed by atoms with van der Waals surface area (Å²) in [4.78, 5) is 12.9. The van der Waals surface area contributed by atoms with Gasteiger partial charge < -0.3 is 31.6 Å². The Hall–Kier alpha value is -2.36. The second-order valence-electron chi connectivity index (χ2n) is 6.17. The predicted octanol–water partition coefficient (Wildman–Crippen LogP) is -1.83. The van der Waals surface area contributed by atoms with Crippen LogP contribution in [0, 0.1) is 0 Å². The van der Waals surface area contributed by atoms with E-state index in [1.807, 2.05) is 0 Å². The van der Waals surface area contributed by atoms with Crippen LogP contribution in [0.4, 0.5) is 0 Å². The van der Waals surface area contributed by atoms with Crippen LogP contribution in [0.5, 0.6) is 0 Å². The number of nitrogens with two attached hydrogens (primary N) is 5. The van der Waals surface area contributed by atoms with E-state index >= 15 is 0 Å². The van der Waals surface area contributed by atoms with Crippen molar-refractivity contribution in [3.8, 4) is 11.1 Å². The van der Waals surface area contributed by atoms with E-state index in [4.69, 9.17) is 28.2 Å². The molecule has 0 bridgehead atoms. The summed E-state index contributed by atoms with van der Waals surface area (Å²) in [6.07, 6.45) is 0. The molecule has 0 fully saturated rings. The van der Waals surface area contributed by atoms with Crippen LogP contribution in [0.25, 0.3) is 11.1 Å². The Morgan fingerprint density at radius 3 is 2.39 bits per heavy atom. The summed E-state index contributed by atoms with van der Waals surface area (Å²) in [7, 11) is 0. The molecule has 2 atom stereocenters. The van der Waals surface area contributed by atoms with E-state index in [1.54, 1.807) is 30.3 Å². The lowest BCUT2D eigenvalue weighted by atomic mass is 9.94. The highest BCUT2D eigenvalue weighted by Crippen LogP contribution is 2.35. The Balaban J connectivity index is 2.82. The van der Waals surface area contributed by atoms with Crippen LogP contribution in [-0.2, 0) is 22.5 Å². The van der Waals surface area contributed by atoms with Gasteiger partial charge in [0.2, 0.25) is 9.79 Å². The number of amides is 1. The number of amidine groups is 1. The van der Waals surface area contributed by atoms with Gasteiger partial charge >= 0.3 is 0 Å². The molecule has 0 saturated carbocycles. The minimum atomic E-state index is -2.09. The molecule has 2 unspecified atom stereocenters. The molecule has 12 N–H and O–H groups in total. The van der Waals surface area contributed by atoms with E-state index in [9.17, 15) is 13.9 Å². The molecule has 2 aromatic rings. The first-order chi connectivity index (χ1) is 14.9. The van der Waals surface area contributed by atoms with Crippen molar-refractivity contribution in [2.24, 2.45) is 33.3 Å². The van der Waals surface area contributed by atoms with Crippen molar-refractivity contribution >= 4 is 34.3 Å². The van der Waals surface area contributed by atoms with E-state index in [-0.39, 0.29) is 52.5 Å². The van der Waals surface area contributed by atoms with Crippen LogP contribution >= 0.6 is 0 Å². The summed E-state index contributed by atoms with van der Waals surface area (Å²) in [5, 5.41) is 12.2. The van der Waals surface area contributed by atoms with Gasteiger partial charge in [-0.2, -0.15) is 0 Å². The fraction of sp³-hybridized carbons (Fsp3) is 0.222. The minimum absolute atomic E-state index is 0.0259. The van der Waals surface area contributed by atoms with Crippen molar-refractivity contribution < 1.29 is 13.9 Å². The fourth-order valence-corrected chi connectivity index (χ4v) is 5.13. The molecule has 0 aliphatic carbocycles. The lowest BCUT2D eigenvalue weighted by Gasteiger charge is -2.19. The quantitative estimate of drug-likeness (QED) is 0.0685. The molecule has 168 valence electrons. The Kier molecular flexibility index (Phi) is 9.54. The number of hydrazine groups is 1. The highest BCUT2D eigenvalue weighted by atomic mass is 32.2. The number of nitrogens with one attached hydrogen (secondary N) is 2. The highest BCUT2D eigenvalue weighted by molar-refractivity contribution is 7.93. The average molecular weight is 467 g/mol. The lowest BCUT2D eigenvalue weighted by Crippen LogP contribution is -2.30. The summed E-state index contributed by atoms with van der Waals surface area (Å²) in [5.41, 5.74) is 20.6. The molecule has 13 heteroatoms. The Bertz CT molecular complexity index is 942. The molecule has 1 amide bonds. The molecule has 0 aliphatic rings. The third-order valence-electron chi connectivity index (χ3n) is 4.20. The maximum atomic E-state index is 12.7. The topological polar surface area (TPSA) is 230 Å². The first kappa shape index (κ1) is 24.9. The molecule has 0 spiro atoms. The molecule has 0 radical (unpaired) electrons. The summed E-state index contributed by atoms with van der Waals surface area (Å²) < 4.78 is 25.2. The lowest BCUT2D eigenvalue weighted by molar-refractivity contribution is 0.0955. The van der Waals surface area contributed by atoms with Gasteiger partial charge in [-0.3, -0.25) is 4.79 Å². The Morgan fingerprint density at radius 1 is 1.06 bits per heavy atom. The van der Waals surface area contributed by atoms with Crippen molar-refractivity contribution in [2.75, 3.05) is 25.4 Å². The number of carbonyl (C=O) groups excluding carboxylic acids is 1. The second-order valence-corrected chi connectivity index (χ2v) is 8.71. The predicted molar refractivity (Wildman–Crippen MR) is 122 cm³/mol. The van der Waals surface area contributed by atoms with Gasteiger partial charge in [-0.05, 0) is 40.5 Å². The van der Waals surface area contributed by atoms with Crippen molar-refractivity contribution in [1.82, 2.24) is 10.9 Å². The number of hydrogen-bond donors (Lipinski definition) is 7. The molecule has 2 rings (SSSR count). The summed E-state index contributed by atoms with van der Waals surface area (Å²) in [5.74, 6) is 4.92. The smallest absolute Gasteiger partial charge is 0.251 e. The third kappa shape index (κ3) is 5.87. The first-order valence-corrected chi connectivity index (χ1v) is 11.7. The fourth-order valence-electron chi connectivity index (χ4n) is 2.96. The minimum Gasteiger partial charge on any atom is -0.611 e. The molecule has 0 heterocycles. The van der Waals surface area contributed by atoms with Crippen molar-refractivity contribution in [3.05, 3.63) is 47.5 Å². The SMILES string of the molecule is NCCNC(=O)c1ccccc1-c1ccc([S+]([O-])CCN)c([S+](N)[O-])c1/C(N)=N/NN. The summed E-state index contributed by atoms with van der Waals surface area (Å²) in [6, 6.07) is 9.89. The average Bonchev–Trinajstić information content (AvgIpc) is 2.76. The van der Waals surface area contributed by atoms with Gasteiger partial charge in [0.05, 0.1) is 16.9 Å². The number of carbonyl (C=O) groups is 1. The van der Waals surface area contributed by atoms with Crippen LogP contribution < -0.4 is 39.0 Å². The maximum Gasteiger partial charge on any atom is 0.251 e. The van der Waals surface area contributed by atoms with Crippen LogP contribution in [0.1, 0.15) is 15.9 Å². The van der Waals surface area contributed by atoms with Crippen molar-refractivity contribution in [1.29, 1.82) is 0 Å². The molecule has 0 saturated heterocycles. The monoisotopic (exact) mass is 466 g/mol. The third-order valence-corrected chi connectivity index (χ3v) is 6.60. The Labute approximate surface area is 186 Å². The number of nitrogens with zero attached hydrogens (tertiary/aromatic N) is 1. The van der Waals surface area contributed by atoms with Crippen molar-refractivity contribution in [2.45, 2.75) is 9.79 Å². The van der Waals surface area contributed by atoms with Gasteiger partial charge in [-0.1, -0.05) is 18.2 Å². The van der Waals surface area contributed by atoms with Crippen molar-refractivity contribution in [3.63, 3.8) is 0 Å². The number of benzene rings is 2. The van der Waals surface area contributed by atoms with E-state index in [1.165, 1.54) is 6.07 Å². The highest BCUT2D eigenvalue weighted by Gasteiger charge is 2.32. The largest absolute Gasteiger partial charge is 0.611 e. The zero-order chi connectivity index (χ0) is 23.0. The molecule has 0 aliphatic heterocycles. The normalized spacial score (nSPS) is 13.5. The molecule has 11 nitrogen and oxygen atoms in total. The van der Waals surface area contributed by atoms with Crippen LogP contribution in [0.2, 0.25) is 0 Å². The number of hydrogen-bond acceptors (Lipinski definition) is 9. The van der Waals surface area contributed by atoms with Crippen LogP contribution in [-0.4, -0.2) is 46.2 Å². The van der Waals surface area contributed by atoms with E-state index in [0.29, 0.717) is 16.7 Å². The van der Waals surface area contributed by atoms with Gasteiger partial charge in [-0.25, -0.2) is 11.4 Å². The first-order valence-electron chi connectivity index (χ1n) is 9.15. The zero-order valence-electron chi connectivity index (χ0n) is 16.7.